The number of hydrogen-bond acceptors (Lipinski definition) is 6. The number of nitriles is 1. The van der Waals surface area contributed by atoms with Crippen LogP contribution in [0, 0.1) is 11.3 Å². The summed E-state index contributed by atoms with van der Waals surface area (Å²) in [6, 6.07) is 12.6. The van der Waals surface area contributed by atoms with E-state index in [4.69, 9.17) is 4.74 Å². The van der Waals surface area contributed by atoms with E-state index >= 15 is 0 Å². The topological polar surface area (TPSA) is 99.5 Å². The summed E-state index contributed by atoms with van der Waals surface area (Å²) >= 11 is 0. The summed E-state index contributed by atoms with van der Waals surface area (Å²) in [5.74, 6) is 1.23. The van der Waals surface area contributed by atoms with Gasteiger partial charge in [-0.2, -0.15) is 23.6 Å². The van der Waals surface area contributed by atoms with Crippen LogP contribution in [0.25, 0.3) is 5.57 Å². The molecular weight excluding hydrogens is 433 g/mol. The SMILES string of the molecule is N#CC(=CNc1cc(C(F)(F)F)ccc1Oc1ccc(C2CCCCC2)cc1)c1nn[nH]n1. The number of nitrogens with one attached hydrogen (secondary N) is 2. The number of halogens is 3. The number of aromatic amines is 1. The van der Waals surface area contributed by atoms with E-state index in [0.717, 1.165) is 12.1 Å². The minimum absolute atomic E-state index is 0.0102. The normalized spacial score (nSPS) is 15.2. The van der Waals surface area contributed by atoms with Crippen molar-refractivity contribution in [3.63, 3.8) is 0 Å². The summed E-state index contributed by atoms with van der Waals surface area (Å²) < 4.78 is 45.7. The van der Waals surface area contributed by atoms with E-state index in [1.54, 1.807) is 0 Å². The van der Waals surface area contributed by atoms with E-state index in [-0.39, 0.29) is 22.8 Å². The van der Waals surface area contributed by atoms with Crippen LogP contribution in [0.15, 0.2) is 48.7 Å². The minimum Gasteiger partial charge on any atom is -0.455 e. The average molecular weight is 454 g/mol. The number of alkyl halides is 3. The highest BCUT2D eigenvalue weighted by atomic mass is 19.4. The van der Waals surface area contributed by atoms with Crippen LogP contribution < -0.4 is 10.1 Å². The number of anilines is 1. The molecule has 1 saturated carbocycles. The van der Waals surface area contributed by atoms with Crippen molar-refractivity contribution >= 4 is 11.3 Å². The molecule has 2 N–H and O–H groups in total. The molecule has 0 bridgehead atoms. The number of benzene rings is 2. The molecule has 0 spiro atoms. The molecule has 0 amide bonds. The van der Waals surface area contributed by atoms with Gasteiger partial charge in [-0.05, 0) is 59.9 Å². The lowest BCUT2D eigenvalue weighted by atomic mass is 9.84. The van der Waals surface area contributed by atoms with Gasteiger partial charge in [0.1, 0.15) is 17.4 Å². The molecule has 170 valence electrons. The number of aromatic nitrogens is 4. The minimum atomic E-state index is -4.54. The fourth-order valence-electron chi connectivity index (χ4n) is 3.85. The first-order valence-electron chi connectivity index (χ1n) is 10.5. The zero-order valence-corrected chi connectivity index (χ0v) is 17.6. The van der Waals surface area contributed by atoms with Gasteiger partial charge in [0.25, 0.3) is 0 Å². The third-order valence-electron chi connectivity index (χ3n) is 5.57. The molecule has 4 rings (SSSR count). The number of ether oxygens (including phenoxy) is 1. The lowest BCUT2D eigenvalue weighted by Gasteiger charge is -2.22. The Hall–Kier alpha value is -3.87. The zero-order valence-electron chi connectivity index (χ0n) is 17.6. The molecule has 1 aliphatic rings. The molecule has 7 nitrogen and oxygen atoms in total. The van der Waals surface area contributed by atoms with Gasteiger partial charge in [0.2, 0.25) is 5.82 Å². The molecule has 3 aromatic rings. The van der Waals surface area contributed by atoms with Crippen molar-refractivity contribution < 1.29 is 17.9 Å². The van der Waals surface area contributed by atoms with E-state index in [2.05, 4.69) is 25.9 Å². The largest absolute Gasteiger partial charge is 0.455 e. The molecule has 0 atom stereocenters. The van der Waals surface area contributed by atoms with Crippen LogP contribution in [0.2, 0.25) is 0 Å². The molecule has 0 radical (unpaired) electrons. The van der Waals surface area contributed by atoms with Gasteiger partial charge < -0.3 is 10.1 Å². The second-order valence-corrected chi connectivity index (χ2v) is 7.76. The first-order valence-corrected chi connectivity index (χ1v) is 10.5. The van der Waals surface area contributed by atoms with Crippen molar-refractivity contribution in [2.24, 2.45) is 0 Å². The van der Waals surface area contributed by atoms with Crippen LogP contribution in [0.3, 0.4) is 0 Å². The molecular formula is C23H21F3N6O. The summed E-state index contributed by atoms with van der Waals surface area (Å²) in [5.41, 5.74) is 0.423. The quantitative estimate of drug-likeness (QED) is 0.441. The molecule has 1 fully saturated rings. The van der Waals surface area contributed by atoms with E-state index < -0.39 is 11.7 Å². The van der Waals surface area contributed by atoms with Gasteiger partial charge in [0.15, 0.2) is 5.75 Å². The smallest absolute Gasteiger partial charge is 0.416 e. The van der Waals surface area contributed by atoms with E-state index in [9.17, 15) is 18.4 Å². The monoisotopic (exact) mass is 454 g/mol. The number of rotatable bonds is 6. The molecule has 1 aromatic heterocycles. The van der Waals surface area contributed by atoms with Crippen LogP contribution in [-0.4, -0.2) is 20.6 Å². The van der Waals surface area contributed by atoms with Gasteiger partial charge in [-0.25, -0.2) is 0 Å². The molecule has 0 saturated heterocycles. The van der Waals surface area contributed by atoms with Crippen molar-refractivity contribution in [1.82, 2.24) is 20.6 Å². The van der Waals surface area contributed by atoms with Gasteiger partial charge in [-0.1, -0.05) is 31.4 Å². The predicted octanol–water partition coefficient (Wildman–Crippen LogP) is 6.04. The Morgan fingerprint density at radius 3 is 2.52 bits per heavy atom. The third-order valence-corrected chi connectivity index (χ3v) is 5.57. The second-order valence-electron chi connectivity index (χ2n) is 7.76. The Bertz CT molecular complexity index is 1140. The molecule has 2 aromatic carbocycles. The fourth-order valence-corrected chi connectivity index (χ4v) is 3.85. The highest BCUT2D eigenvalue weighted by Gasteiger charge is 2.31. The number of nitrogens with zero attached hydrogens (tertiary/aromatic N) is 4. The van der Waals surface area contributed by atoms with Crippen LogP contribution in [-0.2, 0) is 6.18 Å². The average Bonchev–Trinajstić information content (AvgIpc) is 3.35. The maximum absolute atomic E-state index is 13.3. The predicted molar refractivity (Wildman–Crippen MR) is 115 cm³/mol. The number of H-pyrrole nitrogens is 1. The highest BCUT2D eigenvalue weighted by molar-refractivity contribution is 5.75. The zero-order chi connectivity index (χ0) is 23.3. The van der Waals surface area contributed by atoms with Gasteiger partial charge in [-0.3, -0.25) is 0 Å². The Balaban J connectivity index is 1.58. The summed E-state index contributed by atoms with van der Waals surface area (Å²) in [6.45, 7) is 0. The molecule has 10 heteroatoms. The van der Waals surface area contributed by atoms with Crippen molar-refractivity contribution in [3.8, 4) is 17.6 Å². The molecule has 1 heterocycles. The van der Waals surface area contributed by atoms with Crippen molar-refractivity contribution in [2.45, 2.75) is 44.2 Å². The Morgan fingerprint density at radius 2 is 1.88 bits per heavy atom. The maximum Gasteiger partial charge on any atom is 0.416 e. The van der Waals surface area contributed by atoms with Crippen molar-refractivity contribution in [2.75, 3.05) is 5.32 Å². The first kappa shape index (κ1) is 22.3. The highest BCUT2D eigenvalue weighted by Crippen LogP contribution is 2.38. The maximum atomic E-state index is 13.3. The summed E-state index contributed by atoms with van der Waals surface area (Å²) in [4.78, 5) is 0. The molecule has 1 aliphatic carbocycles. The Kier molecular flexibility index (Phi) is 6.58. The molecule has 0 unspecified atom stereocenters. The lowest BCUT2D eigenvalue weighted by molar-refractivity contribution is -0.137. The summed E-state index contributed by atoms with van der Waals surface area (Å²) in [5, 5.41) is 25.0. The first-order chi connectivity index (χ1) is 15.9. The fraction of sp³-hybridized carbons (Fsp3) is 0.304. The standard InChI is InChI=1S/C23H21F3N6O/c24-23(25,26)18-8-11-21(20(12-18)28-14-17(13-27)22-29-31-32-30-22)33-19-9-6-16(7-10-19)15-4-2-1-3-5-15/h6-12,14-15,28H,1-5H2,(H,29,30,31,32). The summed E-state index contributed by atoms with van der Waals surface area (Å²) in [6.07, 6.45) is 2.74. The second kappa shape index (κ2) is 9.73. The van der Waals surface area contributed by atoms with E-state index in [1.807, 2.05) is 30.3 Å². The van der Waals surface area contributed by atoms with Crippen LogP contribution in [0.4, 0.5) is 18.9 Å². The number of hydrogen-bond donors (Lipinski definition) is 2. The van der Waals surface area contributed by atoms with Crippen LogP contribution >= 0.6 is 0 Å². The van der Waals surface area contributed by atoms with Crippen molar-refractivity contribution in [3.05, 3.63) is 65.6 Å². The van der Waals surface area contributed by atoms with Gasteiger partial charge in [-0.15, -0.1) is 10.2 Å². The van der Waals surface area contributed by atoms with Crippen molar-refractivity contribution in [1.29, 1.82) is 5.26 Å². The van der Waals surface area contributed by atoms with Gasteiger partial charge in [0.05, 0.1) is 11.3 Å². The van der Waals surface area contributed by atoms with Crippen LogP contribution in [0.5, 0.6) is 11.5 Å². The summed E-state index contributed by atoms with van der Waals surface area (Å²) in [7, 11) is 0. The Labute approximate surface area is 188 Å². The van der Waals surface area contributed by atoms with Crippen LogP contribution in [0.1, 0.15) is 55.0 Å². The number of allylic oxidation sites excluding steroid dienone is 1. The van der Waals surface area contributed by atoms with E-state index in [1.165, 1.54) is 49.9 Å². The van der Waals surface area contributed by atoms with Gasteiger partial charge >= 0.3 is 6.18 Å². The third kappa shape index (κ3) is 5.49. The number of tetrazole rings is 1. The van der Waals surface area contributed by atoms with Gasteiger partial charge in [0, 0.05) is 6.20 Å². The Morgan fingerprint density at radius 1 is 1.12 bits per heavy atom. The molecule has 0 aliphatic heterocycles. The molecule has 33 heavy (non-hydrogen) atoms. The lowest BCUT2D eigenvalue weighted by Crippen LogP contribution is -2.06. The van der Waals surface area contributed by atoms with E-state index in [0.29, 0.717) is 11.7 Å².